The maximum absolute atomic E-state index is 13.8. The molecule has 2 atom stereocenters. The topological polar surface area (TPSA) is 83.2 Å². The average molecular weight is 412 g/mol. The summed E-state index contributed by atoms with van der Waals surface area (Å²) in [7, 11) is 1.71. The maximum Gasteiger partial charge on any atom is 0.290 e. The second-order valence-electron chi connectivity index (χ2n) is 8.50. The first-order valence-electron chi connectivity index (χ1n) is 10.9. The van der Waals surface area contributed by atoms with Crippen molar-refractivity contribution in [3.8, 4) is 6.07 Å². The first-order valence-corrected chi connectivity index (χ1v) is 10.9. The number of aryl methyl sites for hydroxylation is 1. The number of carbonyl (C=O) groups is 1. The number of hydrogen-bond acceptors (Lipinski definition) is 5. The molecule has 3 rings (SSSR count). The second-order valence-corrected chi connectivity index (χ2v) is 8.50. The number of hydrogen-bond donors (Lipinski definition) is 1. The van der Waals surface area contributed by atoms with Crippen LogP contribution in [0.15, 0.2) is 24.3 Å². The molecule has 1 aromatic heterocycles. The molecular weight excluding hydrogens is 378 g/mol. The molecule has 1 saturated heterocycles. The first kappa shape index (κ1) is 22.3. The molecule has 2 aromatic rings. The molecule has 1 amide bonds. The van der Waals surface area contributed by atoms with E-state index in [-0.39, 0.29) is 17.9 Å². The van der Waals surface area contributed by atoms with Crippen LogP contribution >= 0.6 is 0 Å². The molecule has 1 fully saturated rings. The van der Waals surface area contributed by atoms with E-state index in [1.165, 1.54) is 0 Å². The van der Waals surface area contributed by atoms with Crippen LogP contribution in [0.4, 0.5) is 0 Å². The van der Waals surface area contributed by atoms with E-state index in [0.29, 0.717) is 44.4 Å². The van der Waals surface area contributed by atoms with Crippen molar-refractivity contribution in [2.75, 3.05) is 33.4 Å². The Balaban J connectivity index is 1.92. The van der Waals surface area contributed by atoms with Crippen molar-refractivity contribution in [3.63, 3.8) is 0 Å². The molecule has 1 aromatic carbocycles. The average Bonchev–Trinajstić information content (AvgIpc) is 3.13. The molecule has 7 heteroatoms. The van der Waals surface area contributed by atoms with Gasteiger partial charge in [0.1, 0.15) is 0 Å². The van der Waals surface area contributed by atoms with Gasteiger partial charge < -0.3 is 19.5 Å². The first-order chi connectivity index (χ1) is 14.5. The van der Waals surface area contributed by atoms with Gasteiger partial charge in [0.2, 0.25) is 0 Å². The lowest BCUT2D eigenvalue weighted by molar-refractivity contribution is 0.0586. The van der Waals surface area contributed by atoms with Crippen LogP contribution in [0.1, 0.15) is 43.7 Å². The van der Waals surface area contributed by atoms with Crippen molar-refractivity contribution in [2.24, 2.45) is 11.8 Å². The van der Waals surface area contributed by atoms with E-state index < -0.39 is 0 Å². The molecule has 0 unspecified atom stereocenters. The Labute approximate surface area is 179 Å². The minimum Gasteiger partial charge on any atom is -0.385 e. The molecule has 7 nitrogen and oxygen atoms in total. The molecule has 2 heterocycles. The van der Waals surface area contributed by atoms with Gasteiger partial charge in [-0.2, -0.15) is 5.26 Å². The fourth-order valence-electron chi connectivity index (χ4n) is 4.16. The van der Waals surface area contributed by atoms with E-state index in [0.717, 1.165) is 30.4 Å². The van der Waals surface area contributed by atoms with Gasteiger partial charge in [0.15, 0.2) is 5.82 Å². The number of nitrogens with one attached hydrogen (secondary N) is 1. The summed E-state index contributed by atoms with van der Waals surface area (Å²) in [6.07, 6.45) is 2.55. The zero-order chi connectivity index (χ0) is 21.5. The summed E-state index contributed by atoms with van der Waals surface area (Å²) >= 11 is 0. The number of piperidine rings is 1. The standard InChI is InChI=1S/C23H33N5O2/c1-17(2)16-28(19-12-18(13-24)14-25-15-19)23(29)22-26-20-8-4-5-9-21(20)27(22)10-6-7-11-30-3/h4-5,8-9,17-19,25H,6-7,10-12,14-16H2,1-3H3/t18-,19-/m0/s1. The monoisotopic (exact) mass is 411 g/mol. The van der Waals surface area contributed by atoms with Gasteiger partial charge in [-0.25, -0.2) is 4.98 Å². The fourth-order valence-corrected chi connectivity index (χ4v) is 4.16. The van der Waals surface area contributed by atoms with Crippen molar-refractivity contribution in [2.45, 2.75) is 45.7 Å². The van der Waals surface area contributed by atoms with Crippen LogP contribution in [0.5, 0.6) is 0 Å². The van der Waals surface area contributed by atoms with E-state index in [9.17, 15) is 10.1 Å². The Morgan fingerprint density at radius 1 is 1.37 bits per heavy atom. The second kappa shape index (κ2) is 10.6. The molecular formula is C23H33N5O2. The molecule has 162 valence electrons. The summed E-state index contributed by atoms with van der Waals surface area (Å²) < 4.78 is 7.23. The number of benzene rings is 1. The Kier molecular flexibility index (Phi) is 7.83. The number of nitriles is 1. The van der Waals surface area contributed by atoms with Crippen LogP contribution in [0.2, 0.25) is 0 Å². The van der Waals surface area contributed by atoms with Gasteiger partial charge in [0.25, 0.3) is 5.91 Å². The summed E-state index contributed by atoms with van der Waals surface area (Å²) in [6.45, 7) is 7.72. The predicted molar refractivity (Wildman–Crippen MR) is 117 cm³/mol. The zero-order valence-corrected chi connectivity index (χ0v) is 18.3. The summed E-state index contributed by atoms with van der Waals surface area (Å²) in [6, 6.07) is 10.3. The third-order valence-corrected chi connectivity index (χ3v) is 5.60. The van der Waals surface area contributed by atoms with Crippen LogP contribution in [0.25, 0.3) is 11.0 Å². The molecule has 0 radical (unpaired) electrons. The normalized spacial score (nSPS) is 19.2. The number of rotatable bonds is 9. The van der Waals surface area contributed by atoms with Gasteiger partial charge in [-0.1, -0.05) is 26.0 Å². The smallest absolute Gasteiger partial charge is 0.290 e. The molecule has 0 saturated carbocycles. The summed E-state index contributed by atoms with van der Waals surface area (Å²) in [5.41, 5.74) is 1.83. The third kappa shape index (κ3) is 5.18. The van der Waals surface area contributed by atoms with Gasteiger partial charge in [-0.3, -0.25) is 4.79 Å². The van der Waals surface area contributed by atoms with Crippen LogP contribution < -0.4 is 5.32 Å². The summed E-state index contributed by atoms with van der Waals surface area (Å²) in [5, 5.41) is 12.7. The van der Waals surface area contributed by atoms with Crippen LogP contribution in [0, 0.1) is 23.2 Å². The van der Waals surface area contributed by atoms with Crippen molar-refractivity contribution < 1.29 is 9.53 Å². The number of aromatic nitrogens is 2. The molecule has 0 aliphatic carbocycles. The van der Waals surface area contributed by atoms with E-state index >= 15 is 0 Å². The minimum atomic E-state index is -0.0703. The highest BCUT2D eigenvalue weighted by molar-refractivity contribution is 5.95. The molecule has 1 aliphatic rings. The number of unbranched alkanes of at least 4 members (excludes halogenated alkanes) is 1. The number of carbonyl (C=O) groups excluding carboxylic acids is 1. The van der Waals surface area contributed by atoms with Gasteiger partial charge in [0.05, 0.1) is 23.0 Å². The molecule has 1 aliphatic heterocycles. The number of methoxy groups -OCH3 is 1. The Morgan fingerprint density at radius 3 is 2.90 bits per heavy atom. The molecule has 1 N–H and O–H groups in total. The third-order valence-electron chi connectivity index (χ3n) is 5.60. The molecule has 30 heavy (non-hydrogen) atoms. The number of nitrogens with zero attached hydrogens (tertiary/aromatic N) is 4. The van der Waals surface area contributed by atoms with E-state index in [1.807, 2.05) is 29.2 Å². The number of para-hydroxylation sites is 2. The molecule has 0 bridgehead atoms. The SMILES string of the molecule is COCCCCn1c(C(=O)N(CC(C)C)[C@@H]2CNC[C@H](C#N)C2)nc2ccccc21. The quantitative estimate of drug-likeness (QED) is 0.641. The van der Waals surface area contributed by atoms with Gasteiger partial charge >= 0.3 is 0 Å². The predicted octanol–water partition coefficient (Wildman–Crippen LogP) is 3.06. The number of fused-ring (bicyclic) bond motifs is 1. The summed E-state index contributed by atoms with van der Waals surface area (Å²) in [4.78, 5) is 20.4. The van der Waals surface area contributed by atoms with Crippen molar-refractivity contribution in [3.05, 3.63) is 30.1 Å². The van der Waals surface area contributed by atoms with Crippen LogP contribution in [0.3, 0.4) is 0 Å². The zero-order valence-electron chi connectivity index (χ0n) is 18.3. The van der Waals surface area contributed by atoms with E-state index in [1.54, 1.807) is 7.11 Å². The Hall–Kier alpha value is -2.43. The highest BCUT2D eigenvalue weighted by atomic mass is 16.5. The van der Waals surface area contributed by atoms with Gasteiger partial charge in [0, 0.05) is 45.9 Å². The lowest BCUT2D eigenvalue weighted by Gasteiger charge is -2.37. The number of imidazole rings is 1. The van der Waals surface area contributed by atoms with Crippen LogP contribution in [-0.4, -0.2) is 59.8 Å². The van der Waals surface area contributed by atoms with Crippen molar-refractivity contribution in [1.82, 2.24) is 19.8 Å². The van der Waals surface area contributed by atoms with Crippen LogP contribution in [-0.2, 0) is 11.3 Å². The largest absolute Gasteiger partial charge is 0.385 e. The number of amides is 1. The van der Waals surface area contributed by atoms with Gasteiger partial charge in [-0.15, -0.1) is 0 Å². The Bertz CT molecular complexity index is 885. The highest BCUT2D eigenvalue weighted by Crippen LogP contribution is 2.23. The fraction of sp³-hybridized carbons (Fsp3) is 0.609. The maximum atomic E-state index is 13.8. The van der Waals surface area contributed by atoms with Gasteiger partial charge in [-0.05, 0) is 37.3 Å². The van der Waals surface area contributed by atoms with Crippen molar-refractivity contribution in [1.29, 1.82) is 5.26 Å². The lowest BCUT2D eigenvalue weighted by atomic mass is 9.95. The summed E-state index contributed by atoms with van der Waals surface area (Å²) in [5.74, 6) is 0.709. The van der Waals surface area contributed by atoms with Crippen molar-refractivity contribution >= 4 is 16.9 Å². The minimum absolute atomic E-state index is 0.0000497. The number of ether oxygens (including phenoxy) is 1. The van der Waals surface area contributed by atoms with E-state index in [4.69, 9.17) is 9.72 Å². The highest BCUT2D eigenvalue weighted by Gasteiger charge is 2.32. The van der Waals surface area contributed by atoms with E-state index in [2.05, 4.69) is 29.8 Å². The lowest BCUT2D eigenvalue weighted by Crippen LogP contribution is -2.52. The molecule has 0 spiro atoms. The Morgan fingerprint density at radius 2 is 2.17 bits per heavy atom.